The van der Waals surface area contributed by atoms with Crippen molar-refractivity contribution in [1.82, 2.24) is 5.32 Å². The molecule has 2 N–H and O–H groups in total. The number of amides is 1. The number of hydrogen-bond donors (Lipinski definition) is 2. The molecule has 1 amide bonds. The van der Waals surface area contributed by atoms with Crippen LogP contribution in [0, 0.1) is 13.8 Å². The van der Waals surface area contributed by atoms with Crippen LogP contribution in [0.1, 0.15) is 27.0 Å². The van der Waals surface area contributed by atoms with E-state index in [1.165, 1.54) is 0 Å². The van der Waals surface area contributed by atoms with E-state index in [0.717, 1.165) is 22.4 Å². The molecule has 0 aliphatic rings. The number of nitrogens with one attached hydrogen (secondary N) is 2. The quantitative estimate of drug-likeness (QED) is 0.515. The second kappa shape index (κ2) is 9.94. The molecule has 0 atom stereocenters. The van der Waals surface area contributed by atoms with Gasteiger partial charge in [-0.3, -0.25) is 4.79 Å². The molecular weight excluding hydrogens is 400 g/mol. The highest BCUT2D eigenvalue weighted by atomic mass is 35.5. The van der Waals surface area contributed by atoms with E-state index in [9.17, 15) is 9.59 Å². The van der Waals surface area contributed by atoms with Crippen LogP contribution >= 0.6 is 11.6 Å². The molecule has 0 radical (unpaired) electrons. The van der Waals surface area contributed by atoms with Gasteiger partial charge in [-0.05, 0) is 60.9 Å². The lowest BCUT2D eigenvalue weighted by Crippen LogP contribution is -2.28. The number of rotatable bonds is 7. The van der Waals surface area contributed by atoms with Crippen LogP contribution in [0.2, 0.25) is 5.02 Å². The molecule has 0 bridgehead atoms. The molecular formula is C24H23ClN2O3. The molecule has 0 fully saturated rings. The van der Waals surface area contributed by atoms with Crippen molar-refractivity contribution in [2.24, 2.45) is 0 Å². The molecule has 3 aromatic rings. The molecule has 5 nitrogen and oxygen atoms in total. The lowest BCUT2D eigenvalue weighted by molar-refractivity contribution is -0.124. The summed E-state index contributed by atoms with van der Waals surface area (Å²) in [5.74, 6) is -0.941. The zero-order valence-corrected chi connectivity index (χ0v) is 17.6. The minimum absolute atomic E-state index is 0.332. The third-order valence-electron chi connectivity index (χ3n) is 4.76. The summed E-state index contributed by atoms with van der Waals surface area (Å²) in [6, 6.07) is 20.2. The second-order valence-electron chi connectivity index (χ2n) is 6.90. The number of benzene rings is 3. The van der Waals surface area contributed by atoms with Gasteiger partial charge in [0.1, 0.15) is 0 Å². The van der Waals surface area contributed by atoms with Crippen LogP contribution in [-0.2, 0) is 16.1 Å². The highest BCUT2D eigenvalue weighted by Gasteiger charge is 2.15. The Kier molecular flexibility index (Phi) is 7.09. The minimum atomic E-state index is -0.565. The predicted molar refractivity (Wildman–Crippen MR) is 119 cm³/mol. The number of esters is 1. The van der Waals surface area contributed by atoms with E-state index in [0.29, 0.717) is 22.8 Å². The Morgan fingerprint density at radius 2 is 1.60 bits per heavy atom. The molecule has 0 aliphatic heterocycles. The van der Waals surface area contributed by atoms with Crippen LogP contribution in [-0.4, -0.2) is 18.5 Å². The van der Waals surface area contributed by atoms with Crippen molar-refractivity contribution in [3.05, 3.63) is 94.0 Å². The number of ether oxygens (including phenoxy) is 1. The second-order valence-corrected chi connectivity index (χ2v) is 7.33. The summed E-state index contributed by atoms with van der Waals surface area (Å²) < 4.78 is 5.22. The van der Waals surface area contributed by atoms with Crippen molar-refractivity contribution in [3.63, 3.8) is 0 Å². The molecule has 154 valence electrons. The average Bonchev–Trinajstić information content (AvgIpc) is 2.75. The lowest BCUT2D eigenvalue weighted by atomic mass is 10.1. The topological polar surface area (TPSA) is 67.4 Å². The van der Waals surface area contributed by atoms with Crippen molar-refractivity contribution in [2.45, 2.75) is 20.4 Å². The Hall–Kier alpha value is -3.31. The largest absolute Gasteiger partial charge is 0.452 e. The Balaban J connectivity index is 1.59. The first-order valence-electron chi connectivity index (χ1n) is 9.54. The van der Waals surface area contributed by atoms with Gasteiger partial charge in [0.15, 0.2) is 6.61 Å². The van der Waals surface area contributed by atoms with Crippen LogP contribution in [0.4, 0.5) is 11.4 Å². The molecule has 0 heterocycles. The van der Waals surface area contributed by atoms with Gasteiger partial charge in [-0.25, -0.2) is 4.79 Å². The summed E-state index contributed by atoms with van der Waals surface area (Å²) in [5.41, 5.74) is 5.06. The molecule has 0 saturated carbocycles. The summed E-state index contributed by atoms with van der Waals surface area (Å²) in [6.45, 7) is 4.02. The normalized spacial score (nSPS) is 10.4. The maximum Gasteiger partial charge on any atom is 0.340 e. The van der Waals surface area contributed by atoms with E-state index in [2.05, 4.69) is 10.6 Å². The Bertz CT molecular complexity index is 1050. The number of carbonyl (C=O) groups is 2. The van der Waals surface area contributed by atoms with Gasteiger partial charge in [-0.1, -0.05) is 48.0 Å². The van der Waals surface area contributed by atoms with Crippen molar-refractivity contribution < 1.29 is 14.3 Å². The number of anilines is 2. The molecule has 30 heavy (non-hydrogen) atoms. The zero-order valence-electron chi connectivity index (χ0n) is 16.9. The standard InChI is InChI=1S/C24H23ClN2O3/c1-16-6-5-9-21(17(16)2)27-22-8-4-3-7-20(22)24(29)30-15-23(28)26-14-18-10-12-19(25)13-11-18/h3-13,27H,14-15H2,1-2H3,(H,26,28). The van der Waals surface area contributed by atoms with Gasteiger partial charge >= 0.3 is 5.97 Å². The summed E-state index contributed by atoms with van der Waals surface area (Å²) in [4.78, 5) is 24.6. The molecule has 0 aliphatic carbocycles. The van der Waals surface area contributed by atoms with Crippen LogP contribution < -0.4 is 10.6 Å². The van der Waals surface area contributed by atoms with Gasteiger partial charge < -0.3 is 15.4 Å². The fourth-order valence-electron chi connectivity index (χ4n) is 2.86. The summed E-state index contributed by atoms with van der Waals surface area (Å²) >= 11 is 5.85. The Labute approximate surface area is 181 Å². The van der Waals surface area contributed by atoms with Crippen LogP contribution in [0.3, 0.4) is 0 Å². The number of carbonyl (C=O) groups excluding carboxylic acids is 2. The Morgan fingerprint density at radius 1 is 0.900 bits per heavy atom. The van der Waals surface area contributed by atoms with Gasteiger partial charge in [-0.2, -0.15) is 0 Å². The van der Waals surface area contributed by atoms with Gasteiger partial charge in [0, 0.05) is 17.3 Å². The van der Waals surface area contributed by atoms with Crippen LogP contribution in [0.5, 0.6) is 0 Å². The first-order valence-corrected chi connectivity index (χ1v) is 9.92. The molecule has 0 unspecified atom stereocenters. The molecule has 6 heteroatoms. The Morgan fingerprint density at radius 3 is 2.37 bits per heavy atom. The first kappa shape index (κ1) is 21.4. The average molecular weight is 423 g/mol. The third kappa shape index (κ3) is 5.61. The highest BCUT2D eigenvalue weighted by molar-refractivity contribution is 6.30. The first-order chi connectivity index (χ1) is 14.4. The number of para-hydroxylation sites is 1. The van der Waals surface area contributed by atoms with Gasteiger partial charge in [-0.15, -0.1) is 0 Å². The van der Waals surface area contributed by atoms with Crippen LogP contribution in [0.25, 0.3) is 0 Å². The van der Waals surface area contributed by atoms with E-state index < -0.39 is 5.97 Å². The summed E-state index contributed by atoms with van der Waals surface area (Å²) in [5, 5.41) is 6.64. The summed E-state index contributed by atoms with van der Waals surface area (Å²) in [6.07, 6.45) is 0. The fourth-order valence-corrected chi connectivity index (χ4v) is 2.99. The maximum atomic E-state index is 12.6. The van der Waals surface area contributed by atoms with Crippen molar-refractivity contribution in [3.8, 4) is 0 Å². The molecule has 0 aromatic heterocycles. The van der Waals surface area contributed by atoms with Gasteiger partial charge in [0.25, 0.3) is 5.91 Å². The third-order valence-corrected chi connectivity index (χ3v) is 5.01. The molecule has 3 aromatic carbocycles. The SMILES string of the molecule is Cc1cccc(Nc2ccccc2C(=O)OCC(=O)NCc2ccc(Cl)cc2)c1C. The molecule has 0 saturated heterocycles. The van der Waals surface area contributed by atoms with Crippen molar-refractivity contribution in [1.29, 1.82) is 0 Å². The van der Waals surface area contributed by atoms with Crippen LogP contribution in [0.15, 0.2) is 66.7 Å². The predicted octanol–water partition coefficient (Wildman–Crippen LogP) is 5.17. The van der Waals surface area contributed by atoms with Crippen molar-refractivity contribution in [2.75, 3.05) is 11.9 Å². The van der Waals surface area contributed by atoms with Crippen molar-refractivity contribution >= 4 is 34.9 Å². The highest BCUT2D eigenvalue weighted by Crippen LogP contribution is 2.25. The number of halogens is 1. The van der Waals surface area contributed by atoms with E-state index in [1.807, 2.05) is 50.2 Å². The van der Waals surface area contributed by atoms with E-state index in [4.69, 9.17) is 16.3 Å². The zero-order chi connectivity index (χ0) is 21.5. The van der Waals surface area contributed by atoms with E-state index in [1.54, 1.807) is 30.3 Å². The molecule has 3 rings (SSSR count). The fraction of sp³-hybridized carbons (Fsp3) is 0.167. The minimum Gasteiger partial charge on any atom is -0.452 e. The number of hydrogen-bond acceptors (Lipinski definition) is 4. The van der Waals surface area contributed by atoms with Gasteiger partial charge in [0.05, 0.1) is 11.3 Å². The van der Waals surface area contributed by atoms with E-state index >= 15 is 0 Å². The molecule has 0 spiro atoms. The monoisotopic (exact) mass is 422 g/mol. The number of aryl methyl sites for hydroxylation is 1. The smallest absolute Gasteiger partial charge is 0.340 e. The lowest BCUT2D eigenvalue weighted by Gasteiger charge is -2.14. The van der Waals surface area contributed by atoms with Gasteiger partial charge in [0.2, 0.25) is 0 Å². The summed E-state index contributed by atoms with van der Waals surface area (Å²) in [7, 11) is 0. The maximum absolute atomic E-state index is 12.6. The van der Waals surface area contributed by atoms with E-state index in [-0.39, 0.29) is 12.5 Å².